The number of imidazole rings is 1. The number of nitrogens with one attached hydrogen (secondary N) is 3. The molecule has 0 spiro atoms. The maximum atomic E-state index is 12.9. The predicted molar refractivity (Wildman–Crippen MR) is 117 cm³/mol. The lowest BCUT2D eigenvalue weighted by Crippen LogP contribution is -2.53. The van der Waals surface area contributed by atoms with Crippen molar-refractivity contribution in [2.75, 3.05) is 0 Å². The van der Waals surface area contributed by atoms with Crippen molar-refractivity contribution in [3.63, 3.8) is 0 Å². The molecule has 0 aliphatic carbocycles. The maximum absolute atomic E-state index is 12.9. The zero-order valence-corrected chi connectivity index (χ0v) is 17.6. The minimum atomic E-state index is -1.24. The van der Waals surface area contributed by atoms with Crippen LogP contribution in [0.2, 0.25) is 0 Å². The first-order valence-corrected chi connectivity index (χ1v) is 10.2. The molecule has 0 saturated heterocycles. The summed E-state index contributed by atoms with van der Waals surface area (Å²) in [4.78, 5) is 43.7. The number of carbonyl (C=O) groups excluding carboxylic acids is 2. The number of phenols is 1. The summed E-state index contributed by atoms with van der Waals surface area (Å²) in [6, 6.07) is 12.7. The summed E-state index contributed by atoms with van der Waals surface area (Å²) in [5.41, 5.74) is 1.96. The highest BCUT2D eigenvalue weighted by molar-refractivity contribution is 5.89. The Labute approximate surface area is 189 Å². The van der Waals surface area contributed by atoms with Crippen LogP contribution >= 0.6 is 0 Å². The second kappa shape index (κ2) is 11.3. The first-order valence-electron chi connectivity index (χ1n) is 10.2. The van der Waals surface area contributed by atoms with E-state index in [9.17, 15) is 24.6 Å². The van der Waals surface area contributed by atoms with E-state index in [1.165, 1.54) is 24.7 Å². The third kappa shape index (κ3) is 7.39. The average molecular weight is 452 g/mol. The number of amides is 2. The molecule has 0 radical (unpaired) electrons. The Morgan fingerprint density at radius 1 is 0.939 bits per heavy atom. The molecular formula is C23H24N4O6. The molecule has 0 aliphatic heterocycles. The molecule has 0 aliphatic rings. The standard InChI is InChI=1S/C23H24N4O6/c28-18-8-6-15(7-9-18)10-20(22(30)31)26-21(29)19(11-17-12-24-14-25-17)27-23(32)33-13-16-4-2-1-3-5-16/h1-9,12,14,19-20,28H,10-11,13H2,(H,24,25)(H,26,29)(H,27,32)(H,30,31). The van der Waals surface area contributed by atoms with Gasteiger partial charge in [-0.3, -0.25) is 4.79 Å². The van der Waals surface area contributed by atoms with Crippen molar-refractivity contribution in [1.82, 2.24) is 20.6 Å². The number of carboxylic acid groups (broad SMARTS) is 1. The predicted octanol–water partition coefficient (Wildman–Crippen LogP) is 1.76. The highest BCUT2D eigenvalue weighted by Crippen LogP contribution is 2.12. The Hall–Kier alpha value is -4.34. The molecule has 10 nitrogen and oxygen atoms in total. The molecule has 0 saturated carbocycles. The normalized spacial score (nSPS) is 12.4. The van der Waals surface area contributed by atoms with Gasteiger partial charge in [-0.1, -0.05) is 42.5 Å². The van der Waals surface area contributed by atoms with E-state index in [1.54, 1.807) is 24.3 Å². The second-order valence-corrected chi connectivity index (χ2v) is 7.31. The Morgan fingerprint density at radius 2 is 1.67 bits per heavy atom. The molecule has 3 rings (SSSR count). The SMILES string of the molecule is O=C(NC(Cc1cnc[nH]1)C(=O)NC(Cc1ccc(O)cc1)C(=O)O)OCc1ccccc1. The average Bonchev–Trinajstić information content (AvgIpc) is 3.32. The van der Waals surface area contributed by atoms with Crippen molar-refractivity contribution < 1.29 is 29.3 Å². The van der Waals surface area contributed by atoms with Crippen LogP contribution in [-0.2, 0) is 33.8 Å². The van der Waals surface area contributed by atoms with Crippen molar-refractivity contribution in [2.24, 2.45) is 0 Å². The van der Waals surface area contributed by atoms with Gasteiger partial charge in [0, 0.05) is 24.7 Å². The number of carbonyl (C=O) groups is 3. The van der Waals surface area contributed by atoms with Crippen LogP contribution < -0.4 is 10.6 Å². The summed E-state index contributed by atoms with van der Waals surface area (Å²) in [6.45, 7) is 0.0175. The molecule has 0 bridgehead atoms. The number of aromatic amines is 1. The number of aromatic hydroxyl groups is 1. The summed E-state index contributed by atoms with van der Waals surface area (Å²) < 4.78 is 5.19. The van der Waals surface area contributed by atoms with Crippen LogP contribution in [0.4, 0.5) is 4.79 Å². The van der Waals surface area contributed by atoms with Gasteiger partial charge in [0.25, 0.3) is 0 Å². The van der Waals surface area contributed by atoms with Gasteiger partial charge in [0.15, 0.2) is 0 Å². The summed E-state index contributed by atoms with van der Waals surface area (Å²) in [5, 5.41) is 23.9. The van der Waals surface area contributed by atoms with E-state index in [0.29, 0.717) is 11.3 Å². The van der Waals surface area contributed by atoms with Crippen LogP contribution in [-0.4, -0.2) is 50.2 Å². The number of alkyl carbamates (subject to hydrolysis) is 1. The van der Waals surface area contributed by atoms with Crippen molar-refractivity contribution >= 4 is 18.0 Å². The van der Waals surface area contributed by atoms with E-state index in [0.717, 1.165) is 5.56 Å². The fourth-order valence-electron chi connectivity index (χ4n) is 3.07. The van der Waals surface area contributed by atoms with E-state index in [1.807, 2.05) is 18.2 Å². The smallest absolute Gasteiger partial charge is 0.408 e. The van der Waals surface area contributed by atoms with Crippen LogP contribution in [0.25, 0.3) is 0 Å². The fraction of sp³-hybridized carbons (Fsp3) is 0.217. The first-order chi connectivity index (χ1) is 15.9. The van der Waals surface area contributed by atoms with Gasteiger partial charge < -0.3 is 30.6 Å². The number of hydrogen-bond acceptors (Lipinski definition) is 6. The molecule has 2 aromatic carbocycles. The fourth-order valence-corrected chi connectivity index (χ4v) is 3.07. The summed E-state index contributed by atoms with van der Waals surface area (Å²) in [7, 11) is 0. The molecule has 10 heteroatoms. The van der Waals surface area contributed by atoms with Gasteiger partial charge in [-0.05, 0) is 23.3 Å². The van der Waals surface area contributed by atoms with E-state index in [-0.39, 0.29) is 25.2 Å². The van der Waals surface area contributed by atoms with Gasteiger partial charge in [0.1, 0.15) is 24.4 Å². The van der Waals surface area contributed by atoms with Crippen molar-refractivity contribution in [2.45, 2.75) is 31.5 Å². The number of carboxylic acids is 1. The Balaban J connectivity index is 1.66. The summed E-state index contributed by atoms with van der Waals surface area (Å²) in [6.07, 6.45) is 2.17. The van der Waals surface area contributed by atoms with Gasteiger partial charge in [0.2, 0.25) is 5.91 Å². The molecule has 2 atom stereocenters. The van der Waals surface area contributed by atoms with Crippen LogP contribution in [0.3, 0.4) is 0 Å². The van der Waals surface area contributed by atoms with Crippen molar-refractivity contribution in [1.29, 1.82) is 0 Å². The first kappa shape index (κ1) is 23.3. The van der Waals surface area contributed by atoms with E-state index in [4.69, 9.17) is 4.74 Å². The molecule has 2 amide bonds. The number of rotatable bonds is 10. The lowest BCUT2D eigenvalue weighted by Gasteiger charge is -2.21. The monoisotopic (exact) mass is 452 g/mol. The molecule has 1 heterocycles. The number of hydrogen-bond donors (Lipinski definition) is 5. The van der Waals surface area contributed by atoms with Crippen LogP contribution in [0, 0.1) is 0 Å². The van der Waals surface area contributed by atoms with Crippen molar-refractivity contribution in [3.8, 4) is 5.75 Å². The molecule has 2 unspecified atom stereocenters. The quantitative estimate of drug-likeness (QED) is 0.314. The Morgan fingerprint density at radius 3 is 2.30 bits per heavy atom. The number of aromatic nitrogens is 2. The molecule has 3 aromatic rings. The largest absolute Gasteiger partial charge is 0.508 e. The number of benzene rings is 2. The van der Waals surface area contributed by atoms with E-state index in [2.05, 4.69) is 20.6 Å². The van der Waals surface area contributed by atoms with E-state index >= 15 is 0 Å². The van der Waals surface area contributed by atoms with Crippen LogP contribution in [0.15, 0.2) is 67.1 Å². The molecule has 0 fully saturated rings. The minimum absolute atomic E-state index is 0.00339. The van der Waals surface area contributed by atoms with Crippen LogP contribution in [0.5, 0.6) is 5.75 Å². The molecule has 33 heavy (non-hydrogen) atoms. The highest BCUT2D eigenvalue weighted by Gasteiger charge is 2.28. The number of ether oxygens (including phenoxy) is 1. The van der Waals surface area contributed by atoms with Crippen molar-refractivity contribution in [3.05, 3.63) is 83.9 Å². The highest BCUT2D eigenvalue weighted by atomic mass is 16.5. The molecule has 5 N–H and O–H groups in total. The summed E-state index contributed by atoms with van der Waals surface area (Å²) >= 11 is 0. The zero-order valence-electron chi connectivity index (χ0n) is 17.6. The van der Waals surface area contributed by atoms with Gasteiger partial charge in [-0.2, -0.15) is 0 Å². The lowest BCUT2D eigenvalue weighted by molar-refractivity contribution is -0.142. The molecule has 1 aromatic heterocycles. The Kier molecular flexibility index (Phi) is 8.01. The second-order valence-electron chi connectivity index (χ2n) is 7.31. The van der Waals surface area contributed by atoms with Gasteiger partial charge in [-0.25, -0.2) is 14.6 Å². The topological polar surface area (TPSA) is 154 Å². The minimum Gasteiger partial charge on any atom is -0.508 e. The third-order valence-corrected chi connectivity index (χ3v) is 4.79. The number of nitrogens with zero attached hydrogens (tertiary/aromatic N) is 1. The Bertz CT molecular complexity index is 1050. The number of H-pyrrole nitrogens is 1. The van der Waals surface area contributed by atoms with Crippen LogP contribution in [0.1, 0.15) is 16.8 Å². The van der Waals surface area contributed by atoms with Gasteiger partial charge >= 0.3 is 12.1 Å². The molecular weight excluding hydrogens is 428 g/mol. The maximum Gasteiger partial charge on any atom is 0.408 e. The number of aliphatic carboxylic acids is 1. The van der Waals surface area contributed by atoms with E-state index < -0.39 is 30.1 Å². The summed E-state index contributed by atoms with van der Waals surface area (Å²) in [5.74, 6) is -1.87. The van der Waals surface area contributed by atoms with Gasteiger partial charge in [-0.15, -0.1) is 0 Å². The number of phenolic OH excluding ortho intramolecular Hbond substituents is 1. The van der Waals surface area contributed by atoms with Gasteiger partial charge in [0.05, 0.1) is 6.33 Å². The lowest BCUT2D eigenvalue weighted by atomic mass is 10.0. The zero-order chi connectivity index (χ0) is 23.6. The molecule has 172 valence electrons. The third-order valence-electron chi connectivity index (χ3n) is 4.79.